The standard InChI is InChI=1S/C23H25ClF3NO3S/c1-22(2,3)31-21(29)28-12-10-16-6-9-19(24)20(18(16)11-13-28)32-14-15-4-7-17(8-5-15)30-23(25,26)27/h4-9H,10-14H2,1-3H3. The van der Waals surface area contributed by atoms with Gasteiger partial charge in [0.15, 0.2) is 0 Å². The summed E-state index contributed by atoms with van der Waals surface area (Å²) in [5.41, 5.74) is 2.53. The van der Waals surface area contributed by atoms with E-state index < -0.39 is 12.0 Å². The highest BCUT2D eigenvalue weighted by Crippen LogP contribution is 2.37. The third-order valence-corrected chi connectivity index (χ3v) is 6.44. The molecule has 0 fully saturated rings. The van der Waals surface area contributed by atoms with Crippen molar-refractivity contribution >= 4 is 29.5 Å². The Kier molecular flexibility index (Phi) is 7.55. The highest BCUT2D eigenvalue weighted by molar-refractivity contribution is 7.98. The Balaban J connectivity index is 1.69. The second-order valence-corrected chi connectivity index (χ2v) is 9.85. The topological polar surface area (TPSA) is 38.8 Å². The Morgan fingerprint density at radius 3 is 2.34 bits per heavy atom. The zero-order valence-electron chi connectivity index (χ0n) is 18.1. The van der Waals surface area contributed by atoms with Crippen LogP contribution in [0, 0.1) is 0 Å². The second-order valence-electron chi connectivity index (χ2n) is 8.46. The van der Waals surface area contributed by atoms with E-state index in [1.54, 1.807) is 17.0 Å². The molecule has 1 aliphatic heterocycles. The van der Waals surface area contributed by atoms with Gasteiger partial charge in [0.25, 0.3) is 0 Å². The molecule has 9 heteroatoms. The van der Waals surface area contributed by atoms with Gasteiger partial charge in [0.1, 0.15) is 11.4 Å². The quantitative estimate of drug-likeness (QED) is 0.441. The van der Waals surface area contributed by atoms with E-state index in [-0.39, 0.29) is 11.8 Å². The largest absolute Gasteiger partial charge is 0.573 e. The third kappa shape index (κ3) is 6.97. The van der Waals surface area contributed by atoms with Crippen LogP contribution in [0.3, 0.4) is 0 Å². The molecule has 1 amide bonds. The Bertz CT molecular complexity index is 959. The molecule has 32 heavy (non-hydrogen) atoms. The van der Waals surface area contributed by atoms with Crippen LogP contribution in [0.4, 0.5) is 18.0 Å². The molecule has 1 aliphatic rings. The van der Waals surface area contributed by atoms with Crippen molar-refractivity contribution in [3.63, 3.8) is 0 Å². The van der Waals surface area contributed by atoms with Crippen molar-refractivity contribution in [3.05, 3.63) is 58.1 Å². The van der Waals surface area contributed by atoms with E-state index in [1.165, 1.54) is 23.9 Å². The van der Waals surface area contributed by atoms with Crippen molar-refractivity contribution in [2.75, 3.05) is 13.1 Å². The molecule has 0 radical (unpaired) electrons. The fourth-order valence-corrected chi connectivity index (χ4v) is 4.83. The molecule has 0 bridgehead atoms. The lowest BCUT2D eigenvalue weighted by Gasteiger charge is -2.26. The maximum atomic E-state index is 12.5. The summed E-state index contributed by atoms with van der Waals surface area (Å²) in [5, 5.41) is 0.622. The molecule has 0 saturated heterocycles. The van der Waals surface area contributed by atoms with E-state index in [2.05, 4.69) is 4.74 Å². The van der Waals surface area contributed by atoms with E-state index in [4.69, 9.17) is 16.3 Å². The Morgan fingerprint density at radius 1 is 1.06 bits per heavy atom. The van der Waals surface area contributed by atoms with E-state index in [1.807, 2.05) is 32.9 Å². The summed E-state index contributed by atoms with van der Waals surface area (Å²) in [6.45, 7) is 6.61. The molecule has 2 aromatic carbocycles. The van der Waals surface area contributed by atoms with Crippen LogP contribution in [0.1, 0.15) is 37.5 Å². The van der Waals surface area contributed by atoms with Crippen molar-refractivity contribution in [1.29, 1.82) is 0 Å². The highest BCUT2D eigenvalue weighted by atomic mass is 35.5. The molecule has 0 aromatic heterocycles. The van der Waals surface area contributed by atoms with Gasteiger partial charge in [-0.05, 0) is 68.5 Å². The van der Waals surface area contributed by atoms with Crippen molar-refractivity contribution in [1.82, 2.24) is 4.90 Å². The average molecular weight is 488 g/mol. The Morgan fingerprint density at radius 2 is 1.72 bits per heavy atom. The Hall–Kier alpha value is -2.06. The third-order valence-electron chi connectivity index (χ3n) is 4.78. The van der Waals surface area contributed by atoms with Crippen LogP contribution >= 0.6 is 23.4 Å². The van der Waals surface area contributed by atoms with E-state index in [0.29, 0.717) is 36.7 Å². The number of carbonyl (C=O) groups excluding carboxylic acids is 1. The number of rotatable bonds is 4. The zero-order chi connectivity index (χ0) is 23.5. The van der Waals surface area contributed by atoms with Gasteiger partial charge in [0, 0.05) is 23.7 Å². The van der Waals surface area contributed by atoms with Gasteiger partial charge in [-0.1, -0.05) is 29.8 Å². The number of alkyl halides is 3. The molecule has 0 saturated carbocycles. The van der Waals surface area contributed by atoms with Crippen LogP contribution in [-0.4, -0.2) is 36.0 Å². The highest BCUT2D eigenvalue weighted by Gasteiger charge is 2.31. The number of hydrogen-bond donors (Lipinski definition) is 0. The summed E-state index contributed by atoms with van der Waals surface area (Å²) in [7, 11) is 0. The molecule has 4 nitrogen and oxygen atoms in total. The first-order valence-electron chi connectivity index (χ1n) is 10.2. The molecule has 1 heterocycles. The lowest BCUT2D eigenvalue weighted by Crippen LogP contribution is -2.38. The SMILES string of the molecule is CC(C)(C)OC(=O)N1CCc2ccc(Cl)c(SCc3ccc(OC(F)(F)F)cc3)c2CC1. The first-order valence-corrected chi connectivity index (χ1v) is 11.5. The molecular formula is C23H25ClF3NO3S. The van der Waals surface area contributed by atoms with Gasteiger partial charge in [-0.25, -0.2) is 4.79 Å². The molecular weight excluding hydrogens is 463 g/mol. The van der Waals surface area contributed by atoms with Gasteiger partial charge in [0.05, 0.1) is 5.02 Å². The normalized spacial score (nSPS) is 14.5. The summed E-state index contributed by atoms with van der Waals surface area (Å²) in [6, 6.07) is 9.65. The maximum Gasteiger partial charge on any atom is 0.573 e. The second kappa shape index (κ2) is 9.83. The van der Waals surface area contributed by atoms with Gasteiger partial charge >= 0.3 is 12.5 Å². The molecule has 2 aromatic rings. The van der Waals surface area contributed by atoms with Crippen LogP contribution in [-0.2, 0) is 23.3 Å². The van der Waals surface area contributed by atoms with Crippen LogP contribution in [0.5, 0.6) is 5.75 Å². The van der Waals surface area contributed by atoms with Gasteiger partial charge in [-0.2, -0.15) is 0 Å². The number of halogens is 4. The minimum absolute atomic E-state index is 0.250. The minimum atomic E-state index is -4.71. The lowest BCUT2D eigenvalue weighted by molar-refractivity contribution is -0.274. The van der Waals surface area contributed by atoms with Crippen molar-refractivity contribution in [2.45, 2.75) is 56.2 Å². The smallest absolute Gasteiger partial charge is 0.444 e. The van der Waals surface area contributed by atoms with Crippen LogP contribution in [0.25, 0.3) is 0 Å². The average Bonchev–Trinajstić information content (AvgIpc) is 2.89. The summed E-state index contributed by atoms with van der Waals surface area (Å²) >= 11 is 8.03. The zero-order valence-corrected chi connectivity index (χ0v) is 19.7. The van der Waals surface area contributed by atoms with E-state index in [0.717, 1.165) is 21.6 Å². The molecule has 0 aliphatic carbocycles. The molecule has 3 rings (SSSR count). The lowest BCUT2D eigenvalue weighted by atomic mass is 10.0. The number of fused-ring (bicyclic) bond motifs is 1. The fraction of sp³-hybridized carbons (Fsp3) is 0.435. The first-order chi connectivity index (χ1) is 14.9. The number of amides is 1. The summed E-state index contributed by atoms with van der Waals surface area (Å²) < 4.78 is 46.4. The van der Waals surface area contributed by atoms with Gasteiger partial charge in [-0.15, -0.1) is 24.9 Å². The summed E-state index contributed by atoms with van der Waals surface area (Å²) in [5.74, 6) is 0.290. The predicted molar refractivity (Wildman–Crippen MR) is 119 cm³/mol. The first kappa shape index (κ1) is 24.6. The fourth-order valence-electron chi connectivity index (χ4n) is 3.37. The summed E-state index contributed by atoms with van der Waals surface area (Å²) in [6.07, 6.45) is -3.69. The number of ether oxygens (including phenoxy) is 2. The molecule has 0 spiro atoms. The van der Waals surface area contributed by atoms with Crippen LogP contribution < -0.4 is 4.74 Å². The van der Waals surface area contributed by atoms with Gasteiger partial charge in [0.2, 0.25) is 0 Å². The monoisotopic (exact) mass is 487 g/mol. The van der Waals surface area contributed by atoms with Crippen molar-refractivity contribution in [2.24, 2.45) is 0 Å². The van der Waals surface area contributed by atoms with E-state index >= 15 is 0 Å². The Labute approximate surface area is 195 Å². The molecule has 174 valence electrons. The van der Waals surface area contributed by atoms with Gasteiger partial charge < -0.3 is 14.4 Å². The van der Waals surface area contributed by atoms with Gasteiger partial charge in [-0.3, -0.25) is 0 Å². The molecule has 0 atom stereocenters. The minimum Gasteiger partial charge on any atom is -0.444 e. The molecule has 0 unspecified atom stereocenters. The number of benzene rings is 2. The molecule has 0 N–H and O–H groups in total. The van der Waals surface area contributed by atoms with Crippen LogP contribution in [0.15, 0.2) is 41.3 Å². The summed E-state index contributed by atoms with van der Waals surface area (Å²) in [4.78, 5) is 15.1. The number of thioether (sulfide) groups is 1. The van der Waals surface area contributed by atoms with Crippen molar-refractivity contribution in [3.8, 4) is 5.75 Å². The predicted octanol–water partition coefficient (Wildman–Crippen LogP) is 6.87. The number of hydrogen-bond acceptors (Lipinski definition) is 4. The van der Waals surface area contributed by atoms with E-state index in [9.17, 15) is 18.0 Å². The number of nitrogens with zero attached hydrogens (tertiary/aromatic N) is 1. The van der Waals surface area contributed by atoms with Crippen LogP contribution in [0.2, 0.25) is 5.02 Å². The number of carbonyl (C=O) groups is 1. The maximum absolute atomic E-state index is 12.5. The van der Waals surface area contributed by atoms with Crippen molar-refractivity contribution < 1.29 is 27.4 Å².